The van der Waals surface area contributed by atoms with E-state index < -0.39 is 9.84 Å². The Hall–Kier alpha value is -2.19. The normalized spacial score (nSPS) is 10.8. The summed E-state index contributed by atoms with van der Waals surface area (Å²) in [5.74, 6) is -0.115. The van der Waals surface area contributed by atoms with Gasteiger partial charge in [-0.3, -0.25) is 0 Å². The molecule has 0 N–H and O–H groups in total. The molecule has 0 atom stereocenters. The first-order valence-electron chi connectivity index (χ1n) is 5.25. The molecular weight excluding hydrogens is 248 g/mol. The van der Waals surface area contributed by atoms with Crippen LogP contribution in [0.4, 0.5) is 0 Å². The van der Waals surface area contributed by atoms with Gasteiger partial charge in [-0.15, -0.1) is 0 Å². The molecule has 0 bridgehead atoms. The minimum atomic E-state index is -3.43. The van der Waals surface area contributed by atoms with Crippen molar-refractivity contribution in [1.82, 2.24) is 4.98 Å². The van der Waals surface area contributed by atoms with Crippen LogP contribution in [-0.2, 0) is 15.6 Å². The van der Waals surface area contributed by atoms with E-state index in [-0.39, 0.29) is 10.8 Å². The first-order valence-corrected chi connectivity index (χ1v) is 6.90. The second kappa shape index (κ2) is 4.98. The molecule has 0 spiro atoms. The number of aromatic nitrogens is 1. The zero-order chi connectivity index (χ0) is 13.0. The Bertz CT molecular complexity index is 671. The Kier molecular flexibility index (Phi) is 3.40. The third kappa shape index (κ3) is 2.73. The van der Waals surface area contributed by atoms with Gasteiger partial charge in [0, 0.05) is 6.20 Å². The summed E-state index contributed by atoms with van der Waals surface area (Å²) in [4.78, 5) is 3.84. The molecule has 0 aliphatic carbocycles. The predicted molar refractivity (Wildman–Crippen MR) is 66.3 cm³/mol. The van der Waals surface area contributed by atoms with Crippen molar-refractivity contribution in [2.45, 2.75) is 10.8 Å². The van der Waals surface area contributed by atoms with Gasteiger partial charge in [0.15, 0.2) is 14.9 Å². The fraction of sp³-hybridized carbons (Fsp3) is 0.0769. The van der Waals surface area contributed by atoms with Crippen molar-refractivity contribution in [3.8, 4) is 6.07 Å². The van der Waals surface area contributed by atoms with Crippen LogP contribution in [0, 0.1) is 11.3 Å². The highest BCUT2D eigenvalue weighted by molar-refractivity contribution is 7.90. The Morgan fingerprint density at radius 1 is 1.11 bits per heavy atom. The van der Waals surface area contributed by atoms with E-state index in [4.69, 9.17) is 5.26 Å². The first kappa shape index (κ1) is 12.3. The Balaban J connectivity index is 2.26. The Labute approximate surface area is 105 Å². The monoisotopic (exact) mass is 258 g/mol. The van der Waals surface area contributed by atoms with Gasteiger partial charge < -0.3 is 0 Å². The van der Waals surface area contributed by atoms with Crippen molar-refractivity contribution in [1.29, 1.82) is 5.26 Å². The lowest BCUT2D eigenvalue weighted by molar-refractivity contribution is 0.591. The zero-order valence-electron chi connectivity index (χ0n) is 9.45. The van der Waals surface area contributed by atoms with E-state index in [2.05, 4.69) is 4.98 Å². The molecular formula is C13H10N2O2S. The van der Waals surface area contributed by atoms with Crippen LogP contribution in [0.3, 0.4) is 0 Å². The molecule has 0 unspecified atom stereocenters. The van der Waals surface area contributed by atoms with Gasteiger partial charge in [0.2, 0.25) is 0 Å². The zero-order valence-corrected chi connectivity index (χ0v) is 10.3. The van der Waals surface area contributed by atoms with Gasteiger partial charge in [-0.2, -0.15) is 5.26 Å². The fourth-order valence-electron chi connectivity index (χ4n) is 1.50. The van der Waals surface area contributed by atoms with Gasteiger partial charge >= 0.3 is 0 Å². The molecule has 4 nitrogen and oxygen atoms in total. The summed E-state index contributed by atoms with van der Waals surface area (Å²) >= 11 is 0. The maximum absolute atomic E-state index is 12.0. The highest BCUT2D eigenvalue weighted by Gasteiger charge is 2.16. The van der Waals surface area contributed by atoms with Crippen molar-refractivity contribution in [3.63, 3.8) is 0 Å². The average molecular weight is 258 g/mol. The number of rotatable bonds is 3. The topological polar surface area (TPSA) is 70.8 Å². The molecule has 0 saturated heterocycles. The second-order valence-corrected chi connectivity index (χ2v) is 5.67. The second-order valence-electron chi connectivity index (χ2n) is 3.74. The van der Waals surface area contributed by atoms with E-state index in [0.29, 0.717) is 11.1 Å². The predicted octanol–water partition coefficient (Wildman–Crippen LogP) is 1.93. The standard InChI is InChI=1S/C13H10N2O2S/c14-9-11-4-6-12(7-5-11)10-18(16,17)13-3-1-2-8-15-13/h1-8H,10H2. The molecule has 2 rings (SSSR count). The first-order chi connectivity index (χ1) is 8.62. The summed E-state index contributed by atoms with van der Waals surface area (Å²) in [6.07, 6.45) is 1.45. The minimum Gasteiger partial charge on any atom is -0.245 e. The number of hydrogen-bond acceptors (Lipinski definition) is 4. The molecule has 0 aliphatic heterocycles. The van der Waals surface area contributed by atoms with Gasteiger partial charge in [-0.25, -0.2) is 13.4 Å². The van der Waals surface area contributed by atoms with Gasteiger partial charge in [-0.1, -0.05) is 18.2 Å². The van der Waals surface area contributed by atoms with Crippen LogP contribution in [0.5, 0.6) is 0 Å². The van der Waals surface area contributed by atoms with Crippen molar-refractivity contribution in [2.75, 3.05) is 0 Å². The molecule has 5 heteroatoms. The lowest BCUT2D eigenvalue weighted by Crippen LogP contribution is -2.06. The molecule has 90 valence electrons. The van der Waals surface area contributed by atoms with E-state index >= 15 is 0 Å². The van der Waals surface area contributed by atoms with Crippen LogP contribution in [-0.4, -0.2) is 13.4 Å². The molecule has 2 aromatic rings. The fourth-order valence-corrected chi connectivity index (χ4v) is 2.79. The maximum Gasteiger partial charge on any atom is 0.199 e. The lowest BCUT2D eigenvalue weighted by Gasteiger charge is -2.03. The molecule has 18 heavy (non-hydrogen) atoms. The van der Waals surface area contributed by atoms with Crippen LogP contribution < -0.4 is 0 Å². The van der Waals surface area contributed by atoms with Crippen LogP contribution >= 0.6 is 0 Å². The van der Waals surface area contributed by atoms with Gasteiger partial charge in [0.05, 0.1) is 17.4 Å². The quantitative estimate of drug-likeness (QED) is 0.843. The van der Waals surface area contributed by atoms with Crippen LogP contribution in [0.2, 0.25) is 0 Å². The molecule has 0 fully saturated rings. The summed E-state index contributed by atoms with van der Waals surface area (Å²) in [7, 11) is -3.43. The van der Waals surface area contributed by atoms with Crippen molar-refractivity contribution in [3.05, 3.63) is 59.8 Å². The Morgan fingerprint density at radius 3 is 2.39 bits per heavy atom. The molecule has 0 amide bonds. The molecule has 0 saturated carbocycles. The number of hydrogen-bond donors (Lipinski definition) is 0. The van der Waals surface area contributed by atoms with E-state index in [1.54, 1.807) is 36.4 Å². The average Bonchev–Trinajstić information content (AvgIpc) is 2.40. The van der Waals surface area contributed by atoms with Crippen LogP contribution in [0.15, 0.2) is 53.7 Å². The van der Waals surface area contributed by atoms with Gasteiger partial charge in [0.25, 0.3) is 0 Å². The number of pyridine rings is 1. The molecule has 1 aromatic heterocycles. The summed E-state index contributed by atoms with van der Waals surface area (Å²) < 4.78 is 24.1. The highest BCUT2D eigenvalue weighted by Crippen LogP contribution is 2.14. The van der Waals surface area contributed by atoms with E-state index in [1.807, 2.05) is 6.07 Å². The molecule has 0 aliphatic rings. The molecule has 1 heterocycles. The van der Waals surface area contributed by atoms with Gasteiger partial charge in [-0.05, 0) is 29.8 Å². The van der Waals surface area contributed by atoms with Crippen LogP contribution in [0.1, 0.15) is 11.1 Å². The lowest BCUT2D eigenvalue weighted by atomic mass is 10.2. The summed E-state index contributed by atoms with van der Waals surface area (Å²) in [5, 5.41) is 8.73. The maximum atomic E-state index is 12.0. The van der Waals surface area contributed by atoms with Crippen molar-refractivity contribution >= 4 is 9.84 Å². The summed E-state index contributed by atoms with van der Waals surface area (Å²) in [6.45, 7) is 0. The van der Waals surface area contributed by atoms with E-state index in [1.165, 1.54) is 12.3 Å². The molecule has 0 radical (unpaired) electrons. The molecule has 1 aromatic carbocycles. The third-order valence-corrected chi connectivity index (χ3v) is 3.99. The largest absolute Gasteiger partial charge is 0.245 e. The van der Waals surface area contributed by atoms with Crippen molar-refractivity contribution in [2.24, 2.45) is 0 Å². The Morgan fingerprint density at radius 2 is 1.83 bits per heavy atom. The SMILES string of the molecule is N#Cc1ccc(CS(=O)(=O)c2ccccn2)cc1. The number of nitriles is 1. The van der Waals surface area contributed by atoms with Gasteiger partial charge in [0.1, 0.15) is 0 Å². The number of nitrogens with zero attached hydrogens (tertiary/aromatic N) is 2. The summed E-state index contributed by atoms with van der Waals surface area (Å²) in [6, 6.07) is 13.2. The third-order valence-electron chi connectivity index (χ3n) is 2.40. The smallest absolute Gasteiger partial charge is 0.199 e. The van der Waals surface area contributed by atoms with E-state index in [0.717, 1.165) is 0 Å². The number of sulfone groups is 1. The van der Waals surface area contributed by atoms with Crippen molar-refractivity contribution < 1.29 is 8.42 Å². The summed E-state index contributed by atoms with van der Waals surface area (Å²) in [5.41, 5.74) is 1.15. The minimum absolute atomic E-state index is 0.0642. The van der Waals surface area contributed by atoms with E-state index in [9.17, 15) is 8.42 Å². The number of benzene rings is 1. The highest BCUT2D eigenvalue weighted by atomic mass is 32.2. The van der Waals surface area contributed by atoms with Crippen LogP contribution in [0.25, 0.3) is 0 Å².